The zero-order valence-corrected chi connectivity index (χ0v) is 9.19. The van der Waals surface area contributed by atoms with E-state index in [0.29, 0.717) is 5.52 Å². The number of hydrogen-bond acceptors (Lipinski definition) is 2. The third-order valence-electron chi connectivity index (χ3n) is 2.82. The quantitative estimate of drug-likeness (QED) is 0.670. The minimum Gasteiger partial charge on any atom is -0.477 e. The second kappa shape index (κ2) is 3.31. The number of aromatic carboxylic acids is 1. The van der Waals surface area contributed by atoms with Crippen molar-refractivity contribution in [1.82, 2.24) is 9.97 Å². The summed E-state index contributed by atoms with van der Waals surface area (Å²) in [4.78, 5) is 18.3. The van der Waals surface area contributed by atoms with E-state index >= 15 is 0 Å². The van der Waals surface area contributed by atoms with E-state index in [1.165, 1.54) is 0 Å². The van der Waals surface area contributed by atoms with Crippen LogP contribution in [-0.2, 0) is 0 Å². The maximum atomic E-state index is 10.9. The zero-order valence-electron chi connectivity index (χ0n) is 9.19. The van der Waals surface area contributed by atoms with Crippen molar-refractivity contribution < 1.29 is 9.90 Å². The van der Waals surface area contributed by atoms with Gasteiger partial charge in [0.2, 0.25) is 0 Å². The predicted molar refractivity (Wildman–Crippen MR) is 65.3 cm³/mol. The predicted octanol–water partition coefficient (Wildman–Crippen LogP) is 2.72. The number of aromatic nitrogens is 2. The zero-order chi connectivity index (χ0) is 12.0. The van der Waals surface area contributed by atoms with Crippen LogP contribution in [0.3, 0.4) is 0 Å². The molecule has 0 unspecified atom stereocenters. The molecule has 1 aromatic carbocycles. The number of rotatable bonds is 1. The topological polar surface area (TPSA) is 66.0 Å². The molecule has 0 radical (unpaired) electrons. The molecule has 0 aliphatic rings. The van der Waals surface area contributed by atoms with Crippen molar-refractivity contribution in [3.63, 3.8) is 0 Å². The number of benzene rings is 1. The molecule has 0 fully saturated rings. The normalized spacial score (nSPS) is 11.1. The fourth-order valence-corrected chi connectivity index (χ4v) is 1.99. The smallest absolute Gasteiger partial charge is 0.354 e. The molecule has 0 aliphatic heterocycles. The molecule has 84 valence electrons. The number of aryl methyl sites for hydroxylation is 1. The summed E-state index contributed by atoms with van der Waals surface area (Å²) in [6.45, 7) is 1.96. The van der Waals surface area contributed by atoms with Gasteiger partial charge in [-0.05, 0) is 19.1 Å². The molecule has 3 aromatic rings. The lowest BCUT2D eigenvalue weighted by Gasteiger charge is -2.01. The molecule has 4 nitrogen and oxygen atoms in total. The number of carboxylic acid groups (broad SMARTS) is 1. The number of fused-ring (bicyclic) bond motifs is 3. The highest BCUT2D eigenvalue weighted by molar-refractivity contribution is 6.06. The van der Waals surface area contributed by atoms with Crippen molar-refractivity contribution in [3.05, 3.63) is 41.7 Å². The van der Waals surface area contributed by atoms with Gasteiger partial charge >= 0.3 is 5.97 Å². The first-order chi connectivity index (χ1) is 8.15. The first kappa shape index (κ1) is 9.84. The third-order valence-corrected chi connectivity index (χ3v) is 2.82. The van der Waals surface area contributed by atoms with Crippen LogP contribution >= 0.6 is 0 Å². The maximum absolute atomic E-state index is 10.9. The van der Waals surface area contributed by atoms with Crippen molar-refractivity contribution in [2.45, 2.75) is 6.92 Å². The molecule has 0 amide bonds. The van der Waals surface area contributed by atoms with E-state index in [9.17, 15) is 4.79 Å². The molecule has 0 saturated carbocycles. The number of aromatic amines is 1. The van der Waals surface area contributed by atoms with Crippen molar-refractivity contribution >= 4 is 27.8 Å². The summed E-state index contributed by atoms with van der Waals surface area (Å²) in [7, 11) is 0. The number of pyridine rings is 1. The summed E-state index contributed by atoms with van der Waals surface area (Å²) in [6, 6.07) is 9.42. The van der Waals surface area contributed by atoms with Gasteiger partial charge < -0.3 is 10.1 Å². The maximum Gasteiger partial charge on any atom is 0.354 e. The summed E-state index contributed by atoms with van der Waals surface area (Å²) >= 11 is 0. The summed E-state index contributed by atoms with van der Waals surface area (Å²) in [5.74, 6) is -0.998. The Morgan fingerprint density at radius 1 is 1.24 bits per heavy atom. The van der Waals surface area contributed by atoms with Gasteiger partial charge in [0.05, 0.1) is 11.0 Å². The van der Waals surface area contributed by atoms with Crippen LogP contribution in [0.15, 0.2) is 30.3 Å². The fourth-order valence-electron chi connectivity index (χ4n) is 1.99. The van der Waals surface area contributed by atoms with Gasteiger partial charge in [0.25, 0.3) is 0 Å². The standard InChI is InChI=1S/C13H10N2O2/c1-7-2-3-8-4-5-9-6-10(13(16)17)15-12(9)11(8)14-7/h2-6,14H,1H3,(H,16,17). The molecule has 2 heterocycles. The Morgan fingerprint density at radius 3 is 2.71 bits per heavy atom. The second-order valence-electron chi connectivity index (χ2n) is 4.06. The molecule has 4 heteroatoms. The highest BCUT2D eigenvalue weighted by Gasteiger charge is 2.11. The van der Waals surface area contributed by atoms with Gasteiger partial charge in [-0.2, -0.15) is 0 Å². The van der Waals surface area contributed by atoms with Gasteiger partial charge in [-0.1, -0.05) is 18.2 Å². The lowest BCUT2D eigenvalue weighted by molar-refractivity contribution is 0.0691. The molecule has 0 saturated heterocycles. The van der Waals surface area contributed by atoms with Crippen LogP contribution in [0.1, 0.15) is 16.2 Å². The molecule has 17 heavy (non-hydrogen) atoms. The molecule has 2 N–H and O–H groups in total. The first-order valence-electron chi connectivity index (χ1n) is 5.27. The molecular formula is C13H10N2O2. The number of H-pyrrole nitrogens is 1. The lowest BCUT2D eigenvalue weighted by Crippen LogP contribution is -1.95. The second-order valence-corrected chi connectivity index (χ2v) is 4.06. The van der Waals surface area contributed by atoms with Crippen LogP contribution in [0, 0.1) is 6.92 Å². The summed E-state index contributed by atoms with van der Waals surface area (Å²) in [6.07, 6.45) is 0. The van der Waals surface area contributed by atoms with Crippen molar-refractivity contribution in [3.8, 4) is 0 Å². The van der Waals surface area contributed by atoms with Crippen LogP contribution in [0.2, 0.25) is 0 Å². The molecule has 0 spiro atoms. The number of nitrogens with zero attached hydrogens (tertiary/aromatic N) is 1. The van der Waals surface area contributed by atoms with Gasteiger partial charge in [0, 0.05) is 16.5 Å². The SMILES string of the molecule is Cc1ccc2ccc3cc(C(=O)O)nc3c2[nH]1. The molecule has 3 rings (SSSR count). The Kier molecular flexibility index (Phi) is 1.92. The summed E-state index contributed by atoms with van der Waals surface area (Å²) < 4.78 is 0. The van der Waals surface area contributed by atoms with Crippen LogP contribution in [0.5, 0.6) is 0 Å². The van der Waals surface area contributed by atoms with Crippen LogP contribution in [0.4, 0.5) is 0 Å². The lowest BCUT2D eigenvalue weighted by atomic mass is 10.1. The monoisotopic (exact) mass is 226 g/mol. The number of hydrogen-bond donors (Lipinski definition) is 2. The highest BCUT2D eigenvalue weighted by atomic mass is 16.4. The van der Waals surface area contributed by atoms with Crippen molar-refractivity contribution in [2.24, 2.45) is 0 Å². The van der Waals surface area contributed by atoms with E-state index in [4.69, 9.17) is 5.11 Å². The molecule has 0 aliphatic carbocycles. The average molecular weight is 226 g/mol. The molecule has 0 bridgehead atoms. The minimum absolute atomic E-state index is 0.0856. The summed E-state index contributed by atoms with van der Waals surface area (Å²) in [5.41, 5.74) is 2.70. The Bertz CT molecular complexity index is 744. The summed E-state index contributed by atoms with van der Waals surface area (Å²) in [5, 5.41) is 10.8. The molecule has 2 aromatic heterocycles. The van der Waals surface area contributed by atoms with Gasteiger partial charge in [-0.3, -0.25) is 0 Å². The van der Waals surface area contributed by atoms with Crippen molar-refractivity contribution in [1.29, 1.82) is 0 Å². The van der Waals surface area contributed by atoms with E-state index < -0.39 is 5.97 Å². The van der Waals surface area contributed by atoms with Gasteiger partial charge in [0.15, 0.2) is 0 Å². The van der Waals surface area contributed by atoms with Crippen LogP contribution in [0.25, 0.3) is 21.8 Å². The van der Waals surface area contributed by atoms with Gasteiger partial charge in [-0.15, -0.1) is 0 Å². The third kappa shape index (κ3) is 1.45. The van der Waals surface area contributed by atoms with E-state index in [-0.39, 0.29) is 5.69 Å². The van der Waals surface area contributed by atoms with Crippen LogP contribution < -0.4 is 0 Å². The van der Waals surface area contributed by atoms with Gasteiger partial charge in [0.1, 0.15) is 5.69 Å². The van der Waals surface area contributed by atoms with Crippen LogP contribution in [-0.4, -0.2) is 21.0 Å². The average Bonchev–Trinajstić information content (AvgIpc) is 2.73. The van der Waals surface area contributed by atoms with Gasteiger partial charge in [-0.25, -0.2) is 9.78 Å². The van der Waals surface area contributed by atoms with E-state index in [0.717, 1.165) is 22.0 Å². The van der Waals surface area contributed by atoms with E-state index in [1.54, 1.807) is 6.07 Å². The number of nitrogens with one attached hydrogen (secondary N) is 1. The van der Waals surface area contributed by atoms with Crippen molar-refractivity contribution in [2.75, 3.05) is 0 Å². The van der Waals surface area contributed by atoms with E-state index in [1.807, 2.05) is 31.2 Å². The number of carboxylic acids is 1. The number of carbonyl (C=O) groups is 1. The molecule has 0 atom stereocenters. The van der Waals surface area contributed by atoms with E-state index in [2.05, 4.69) is 9.97 Å². The Labute approximate surface area is 96.9 Å². The largest absolute Gasteiger partial charge is 0.477 e. The highest BCUT2D eigenvalue weighted by Crippen LogP contribution is 2.24. The molecular weight excluding hydrogens is 216 g/mol. The Hall–Kier alpha value is -2.36. The Balaban J connectivity index is 2.45. The first-order valence-corrected chi connectivity index (χ1v) is 5.27. The Morgan fingerprint density at radius 2 is 1.94 bits per heavy atom. The minimum atomic E-state index is -0.998. The fraction of sp³-hybridized carbons (Fsp3) is 0.0769.